The average molecular weight is 270 g/mol. The lowest BCUT2D eigenvalue weighted by atomic mass is 10.0. The molecule has 0 unspecified atom stereocenters. The third-order valence-corrected chi connectivity index (χ3v) is 2.59. The van der Waals surface area contributed by atoms with Gasteiger partial charge in [0.25, 0.3) is 0 Å². The van der Waals surface area contributed by atoms with Crippen molar-refractivity contribution in [1.82, 2.24) is 10.6 Å². The van der Waals surface area contributed by atoms with Gasteiger partial charge in [0.05, 0.1) is 12.0 Å². The quantitative estimate of drug-likeness (QED) is 0.770. The van der Waals surface area contributed by atoms with E-state index in [9.17, 15) is 9.59 Å². The molecule has 0 radical (unpaired) electrons. The summed E-state index contributed by atoms with van der Waals surface area (Å²) in [6.45, 7) is 11.0. The monoisotopic (exact) mass is 270 g/mol. The molecule has 2 N–H and O–H groups in total. The number of rotatable bonds is 4. The van der Waals surface area contributed by atoms with E-state index in [2.05, 4.69) is 10.6 Å². The van der Waals surface area contributed by atoms with Gasteiger partial charge in [-0.05, 0) is 34.6 Å². The van der Waals surface area contributed by atoms with Gasteiger partial charge in [-0.2, -0.15) is 0 Å². The largest absolute Gasteiger partial charge is 0.444 e. The van der Waals surface area contributed by atoms with E-state index in [1.165, 1.54) is 0 Å². The van der Waals surface area contributed by atoms with Crippen molar-refractivity contribution < 1.29 is 14.3 Å². The van der Waals surface area contributed by atoms with E-state index in [0.717, 1.165) is 5.57 Å². The maximum Gasteiger partial charge on any atom is 0.408 e. The predicted molar refractivity (Wildman–Crippen MR) is 75.8 cm³/mol. The number of nitrogens with one attached hydrogen (secondary N) is 2. The van der Waals surface area contributed by atoms with Crippen molar-refractivity contribution in [3.05, 3.63) is 11.6 Å². The summed E-state index contributed by atoms with van der Waals surface area (Å²) in [5, 5.41) is 5.32. The lowest BCUT2D eigenvalue weighted by molar-refractivity contribution is -0.122. The summed E-state index contributed by atoms with van der Waals surface area (Å²) in [5.41, 5.74) is 0.401. The second-order valence-corrected chi connectivity index (χ2v) is 5.68. The number of amides is 2. The molecule has 0 rings (SSSR count). The van der Waals surface area contributed by atoms with E-state index >= 15 is 0 Å². The molecule has 0 saturated heterocycles. The van der Waals surface area contributed by atoms with Crippen LogP contribution < -0.4 is 10.6 Å². The molecule has 0 heterocycles. The standard InChI is InChI=1S/C14H26N2O3/c1-9(8-10(2)12(17)15-7)11(3)16-13(18)19-14(4,5)6/h8,10-11H,1-7H3,(H,15,17)(H,16,18)/b9-8+/t10-,11-/m1/s1. The topological polar surface area (TPSA) is 67.4 Å². The summed E-state index contributed by atoms with van der Waals surface area (Å²) >= 11 is 0. The van der Waals surface area contributed by atoms with Gasteiger partial charge in [0.2, 0.25) is 5.91 Å². The van der Waals surface area contributed by atoms with Crippen LogP contribution in [0.2, 0.25) is 0 Å². The number of hydrogen-bond acceptors (Lipinski definition) is 3. The van der Waals surface area contributed by atoms with E-state index in [1.54, 1.807) is 7.05 Å². The predicted octanol–water partition coefficient (Wildman–Crippen LogP) is 2.23. The molecule has 0 aromatic carbocycles. The fraction of sp³-hybridized carbons (Fsp3) is 0.714. The number of hydrogen-bond donors (Lipinski definition) is 2. The Hall–Kier alpha value is -1.52. The number of alkyl carbamates (subject to hydrolysis) is 1. The second kappa shape index (κ2) is 7.16. The van der Waals surface area contributed by atoms with Crippen LogP contribution in [0.15, 0.2) is 11.6 Å². The summed E-state index contributed by atoms with van der Waals surface area (Å²) < 4.78 is 5.18. The van der Waals surface area contributed by atoms with Gasteiger partial charge < -0.3 is 15.4 Å². The molecular formula is C14H26N2O3. The zero-order valence-corrected chi connectivity index (χ0v) is 13.0. The van der Waals surface area contributed by atoms with Crippen LogP contribution in [-0.2, 0) is 9.53 Å². The first-order valence-corrected chi connectivity index (χ1v) is 6.46. The molecule has 0 aliphatic rings. The molecule has 0 saturated carbocycles. The average Bonchev–Trinajstić information content (AvgIpc) is 2.24. The molecule has 0 aromatic rings. The Morgan fingerprint density at radius 1 is 1.21 bits per heavy atom. The highest BCUT2D eigenvalue weighted by atomic mass is 16.6. The molecule has 5 heteroatoms. The molecule has 5 nitrogen and oxygen atoms in total. The van der Waals surface area contributed by atoms with Crippen molar-refractivity contribution in [2.75, 3.05) is 7.05 Å². The summed E-state index contributed by atoms with van der Waals surface area (Å²) in [5.74, 6) is -0.281. The molecule has 0 fully saturated rings. The molecule has 0 aromatic heterocycles. The third kappa shape index (κ3) is 7.49. The summed E-state index contributed by atoms with van der Waals surface area (Å²) in [7, 11) is 1.60. The maximum absolute atomic E-state index is 11.6. The van der Waals surface area contributed by atoms with Crippen molar-refractivity contribution in [1.29, 1.82) is 0 Å². The molecule has 0 aliphatic carbocycles. The molecule has 2 atom stereocenters. The van der Waals surface area contributed by atoms with Crippen LogP contribution in [0.4, 0.5) is 4.79 Å². The van der Waals surface area contributed by atoms with E-state index in [4.69, 9.17) is 4.74 Å². The SMILES string of the molecule is CNC(=O)[C@H](C)/C=C(\C)[C@@H](C)NC(=O)OC(C)(C)C. The Labute approximate surface area is 115 Å². The Balaban J connectivity index is 4.49. The molecule has 19 heavy (non-hydrogen) atoms. The molecule has 0 spiro atoms. The van der Waals surface area contributed by atoms with Crippen molar-refractivity contribution >= 4 is 12.0 Å². The summed E-state index contributed by atoms with van der Waals surface area (Å²) in [6.07, 6.45) is 1.38. The Kier molecular flexibility index (Phi) is 6.59. The second-order valence-electron chi connectivity index (χ2n) is 5.68. The fourth-order valence-electron chi connectivity index (χ4n) is 1.44. The summed E-state index contributed by atoms with van der Waals surface area (Å²) in [4.78, 5) is 23.0. The molecule has 0 bridgehead atoms. The van der Waals surface area contributed by atoms with Crippen LogP contribution in [0.3, 0.4) is 0 Å². The van der Waals surface area contributed by atoms with Crippen LogP contribution >= 0.6 is 0 Å². The van der Waals surface area contributed by atoms with E-state index in [1.807, 2.05) is 47.6 Å². The van der Waals surface area contributed by atoms with Gasteiger partial charge in [-0.1, -0.05) is 18.6 Å². The van der Waals surface area contributed by atoms with Crippen molar-refractivity contribution in [2.45, 2.75) is 53.2 Å². The molecular weight excluding hydrogens is 244 g/mol. The van der Waals surface area contributed by atoms with Gasteiger partial charge in [-0.25, -0.2) is 4.79 Å². The van der Waals surface area contributed by atoms with Gasteiger partial charge in [0.15, 0.2) is 0 Å². The first-order valence-electron chi connectivity index (χ1n) is 6.46. The van der Waals surface area contributed by atoms with Crippen LogP contribution in [0.5, 0.6) is 0 Å². The smallest absolute Gasteiger partial charge is 0.408 e. The third-order valence-electron chi connectivity index (χ3n) is 2.59. The highest BCUT2D eigenvalue weighted by Crippen LogP contribution is 2.10. The lowest BCUT2D eigenvalue weighted by Crippen LogP contribution is -2.38. The minimum atomic E-state index is -0.517. The minimum absolute atomic E-state index is 0.0520. The van der Waals surface area contributed by atoms with Crippen molar-refractivity contribution in [2.24, 2.45) is 5.92 Å². The number of carbonyl (C=O) groups is 2. The number of carbonyl (C=O) groups excluding carboxylic acids is 2. The van der Waals surface area contributed by atoms with Gasteiger partial charge in [-0.15, -0.1) is 0 Å². The Bertz CT molecular complexity index is 356. The van der Waals surface area contributed by atoms with Crippen molar-refractivity contribution in [3.8, 4) is 0 Å². The normalized spacial score (nSPS) is 15.4. The first-order chi connectivity index (χ1) is 8.56. The fourth-order valence-corrected chi connectivity index (χ4v) is 1.44. The van der Waals surface area contributed by atoms with E-state index in [-0.39, 0.29) is 17.9 Å². The number of ether oxygens (including phenoxy) is 1. The molecule has 2 amide bonds. The maximum atomic E-state index is 11.6. The van der Waals surface area contributed by atoms with Crippen LogP contribution in [-0.4, -0.2) is 30.7 Å². The van der Waals surface area contributed by atoms with Gasteiger partial charge in [-0.3, -0.25) is 4.79 Å². The highest BCUT2D eigenvalue weighted by molar-refractivity contribution is 5.79. The van der Waals surface area contributed by atoms with Crippen LogP contribution in [0.25, 0.3) is 0 Å². The Morgan fingerprint density at radius 2 is 1.74 bits per heavy atom. The Morgan fingerprint density at radius 3 is 2.16 bits per heavy atom. The zero-order chi connectivity index (χ0) is 15.2. The van der Waals surface area contributed by atoms with Gasteiger partial charge in [0.1, 0.15) is 5.60 Å². The van der Waals surface area contributed by atoms with E-state index in [0.29, 0.717) is 0 Å². The van der Waals surface area contributed by atoms with Gasteiger partial charge in [0, 0.05) is 7.05 Å². The first kappa shape index (κ1) is 17.5. The zero-order valence-electron chi connectivity index (χ0n) is 13.0. The molecule has 0 aliphatic heterocycles. The van der Waals surface area contributed by atoms with Crippen LogP contribution in [0.1, 0.15) is 41.5 Å². The summed E-state index contributed by atoms with van der Waals surface area (Å²) in [6, 6.07) is -0.179. The molecule has 110 valence electrons. The van der Waals surface area contributed by atoms with E-state index < -0.39 is 11.7 Å². The lowest BCUT2D eigenvalue weighted by Gasteiger charge is -2.22. The van der Waals surface area contributed by atoms with Gasteiger partial charge >= 0.3 is 6.09 Å². The van der Waals surface area contributed by atoms with Crippen molar-refractivity contribution in [3.63, 3.8) is 0 Å². The highest BCUT2D eigenvalue weighted by Gasteiger charge is 2.18. The van der Waals surface area contributed by atoms with Crippen LogP contribution in [0, 0.1) is 5.92 Å². The minimum Gasteiger partial charge on any atom is -0.444 e.